The number of aliphatic hydroxyl groups is 1. The van der Waals surface area contributed by atoms with Gasteiger partial charge in [-0.05, 0) is 38.2 Å². The van der Waals surface area contributed by atoms with Crippen LogP contribution in [0.25, 0.3) is 0 Å². The van der Waals surface area contributed by atoms with Crippen LogP contribution < -0.4 is 0 Å². The van der Waals surface area contributed by atoms with Gasteiger partial charge in [-0.3, -0.25) is 0 Å². The van der Waals surface area contributed by atoms with Crippen molar-refractivity contribution in [3.05, 3.63) is 122 Å². The fourth-order valence-corrected chi connectivity index (χ4v) is 2.63. The highest BCUT2D eigenvalue weighted by Gasteiger charge is 2.33. The van der Waals surface area contributed by atoms with Gasteiger partial charge >= 0.3 is 7.55 Å². The molecule has 4 nitrogen and oxygen atoms in total. The first-order valence-electron chi connectivity index (χ1n) is 8.96. The van der Waals surface area contributed by atoms with E-state index < -0.39 is 0 Å². The molecule has 0 radical (unpaired) electrons. The van der Waals surface area contributed by atoms with Crippen molar-refractivity contribution in [2.75, 3.05) is 0 Å². The summed E-state index contributed by atoms with van der Waals surface area (Å²) >= 11 is 0. The van der Waals surface area contributed by atoms with E-state index in [0.29, 0.717) is 13.4 Å². The molecule has 0 aromatic rings. The molecule has 5 heteroatoms. The summed E-state index contributed by atoms with van der Waals surface area (Å²) in [5.41, 5.74) is 2.68. The van der Waals surface area contributed by atoms with Crippen LogP contribution in [0.2, 0.25) is 0 Å². The number of hydrogen-bond donors (Lipinski definition) is 1. The highest BCUT2D eigenvalue weighted by Crippen LogP contribution is 2.34. The largest absolute Gasteiger partial charge is 0.508 e. The molecular formula is C23H28BN3O. The molecule has 1 aliphatic heterocycles. The standard InChI is InChI=1S/C23H28BN3O/c1-7-13-16-19(14-8-2)26-21(12-6)22(18-20(28)11-5)27(24-26)23(15-9-3)25-17-10-4/h7-18,24,28H,1-4H2,5-6H3/b16-13-,19-14+,20-11+,21-12+,22-18+,23-15+,25-17-. The van der Waals surface area contributed by atoms with Gasteiger partial charge in [-0.1, -0.05) is 62.8 Å². The summed E-state index contributed by atoms with van der Waals surface area (Å²) in [4.78, 5) is 8.57. The Hall–Kier alpha value is -3.47. The predicted molar refractivity (Wildman–Crippen MR) is 124 cm³/mol. The van der Waals surface area contributed by atoms with Crippen molar-refractivity contribution in [3.63, 3.8) is 0 Å². The molecule has 1 heterocycles. The minimum absolute atomic E-state index is 0.169. The molecule has 1 rings (SSSR count). The Balaban J connectivity index is 3.64. The van der Waals surface area contributed by atoms with E-state index in [9.17, 15) is 5.11 Å². The maximum absolute atomic E-state index is 10.2. The lowest BCUT2D eigenvalue weighted by Crippen LogP contribution is -2.27. The van der Waals surface area contributed by atoms with Gasteiger partial charge in [0.25, 0.3) is 0 Å². The number of aliphatic imine (C=N–C) groups is 1. The summed E-state index contributed by atoms with van der Waals surface area (Å²) in [5, 5.41) is 10.2. The highest BCUT2D eigenvalue weighted by molar-refractivity contribution is 6.34. The summed E-state index contributed by atoms with van der Waals surface area (Å²) in [7, 11) is 0.498. The average molecular weight is 373 g/mol. The Bertz CT molecular complexity index is 823. The van der Waals surface area contributed by atoms with Crippen LogP contribution in [0.5, 0.6) is 0 Å². The Labute approximate surface area is 169 Å². The first kappa shape index (κ1) is 22.6. The van der Waals surface area contributed by atoms with Gasteiger partial charge in [0, 0.05) is 23.7 Å². The van der Waals surface area contributed by atoms with E-state index in [0.717, 1.165) is 17.1 Å². The van der Waals surface area contributed by atoms with E-state index in [-0.39, 0.29) is 5.76 Å². The van der Waals surface area contributed by atoms with Gasteiger partial charge in [-0.25, -0.2) is 4.99 Å². The number of rotatable bonds is 9. The average Bonchev–Trinajstić information content (AvgIpc) is 3.06. The molecule has 0 unspecified atom stereocenters. The van der Waals surface area contributed by atoms with E-state index in [1.807, 2.05) is 42.1 Å². The lowest BCUT2D eigenvalue weighted by atomic mass is 10.1. The second kappa shape index (κ2) is 12.0. The predicted octanol–water partition coefficient (Wildman–Crippen LogP) is 5.22. The van der Waals surface area contributed by atoms with Crippen molar-refractivity contribution < 1.29 is 5.11 Å². The van der Waals surface area contributed by atoms with Gasteiger partial charge in [-0.15, -0.1) is 0 Å². The molecule has 0 amide bonds. The van der Waals surface area contributed by atoms with E-state index >= 15 is 0 Å². The molecule has 0 spiro atoms. The Morgan fingerprint density at radius 2 is 1.68 bits per heavy atom. The van der Waals surface area contributed by atoms with Gasteiger partial charge in [0.2, 0.25) is 0 Å². The van der Waals surface area contributed by atoms with Crippen molar-refractivity contribution in [3.8, 4) is 0 Å². The SMILES string of the molecule is C=C/C=C\C(=C/C=C)N1BN(C(=C/C=C)/N=C\C=C)C(=C/C(O)=C\C)/C1=C\C. The minimum atomic E-state index is 0.169. The van der Waals surface area contributed by atoms with Crippen LogP contribution in [-0.2, 0) is 0 Å². The normalized spacial score (nSPS) is 19.0. The monoisotopic (exact) mass is 373 g/mol. The zero-order valence-corrected chi connectivity index (χ0v) is 16.8. The molecule has 0 saturated carbocycles. The number of nitrogens with zero attached hydrogens (tertiary/aromatic N) is 3. The molecule has 0 aromatic carbocycles. The molecule has 144 valence electrons. The van der Waals surface area contributed by atoms with Gasteiger partial charge < -0.3 is 14.7 Å². The smallest absolute Gasteiger partial charge is 0.367 e. The van der Waals surface area contributed by atoms with Crippen LogP contribution in [0.3, 0.4) is 0 Å². The first-order chi connectivity index (χ1) is 13.6. The molecule has 1 fully saturated rings. The number of allylic oxidation sites excluding steroid dienone is 11. The second-order valence-corrected chi connectivity index (χ2v) is 5.61. The van der Waals surface area contributed by atoms with Crippen molar-refractivity contribution in [2.24, 2.45) is 4.99 Å². The molecule has 1 aliphatic rings. The van der Waals surface area contributed by atoms with Gasteiger partial charge in [-0.2, -0.15) is 0 Å². The Morgan fingerprint density at radius 1 is 0.964 bits per heavy atom. The molecule has 0 aliphatic carbocycles. The van der Waals surface area contributed by atoms with E-state index in [1.54, 1.807) is 49.6 Å². The van der Waals surface area contributed by atoms with Gasteiger partial charge in [0.05, 0.1) is 5.70 Å². The second-order valence-electron chi connectivity index (χ2n) is 5.61. The zero-order valence-electron chi connectivity index (χ0n) is 16.8. The number of hydrogen-bond acceptors (Lipinski definition) is 4. The Kier molecular flexibility index (Phi) is 9.69. The summed E-state index contributed by atoms with van der Waals surface area (Å²) in [6, 6.07) is 0. The third kappa shape index (κ3) is 5.78. The van der Waals surface area contributed by atoms with Crippen LogP contribution in [0.4, 0.5) is 0 Å². The van der Waals surface area contributed by atoms with Crippen molar-refractivity contribution in [1.82, 2.24) is 9.62 Å². The Morgan fingerprint density at radius 3 is 2.21 bits per heavy atom. The fraction of sp³-hybridized carbons (Fsp3) is 0.0870. The minimum Gasteiger partial charge on any atom is -0.508 e. The maximum Gasteiger partial charge on any atom is 0.367 e. The topological polar surface area (TPSA) is 39.1 Å². The van der Waals surface area contributed by atoms with Crippen molar-refractivity contribution >= 4 is 13.8 Å². The lowest BCUT2D eigenvalue weighted by molar-refractivity contribution is 0.429. The van der Waals surface area contributed by atoms with Crippen LogP contribution in [-0.4, -0.2) is 28.5 Å². The zero-order chi connectivity index (χ0) is 20.9. The van der Waals surface area contributed by atoms with E-state index in [4.69, 9.17) is 0 Å². The summed E-state index contributed by atoms with van der Waals surface area (Å²) in [6.45, 7) is 18.8. The molecular weight excluding hydrogens is 345 g/mol. The summed E-state index contributed by atoms with van der Waals surface area (Å²) < 4.78 is 0. The number of aliphatic hydroxyl groups excluding tert-OH is 1. The van der Waals surface area contributed by atoms with Crippen molar-refractivity contribution in [2.45, 2.75) is 13.8 Å². The first-order valence-corrected chi connectivity index (χ1v) is 8.96. The molecule has 1 saturated heterocycles. The molecule has 0 aromatic heterocycles. The van der Waals surface area contributed by atoms with Gasteiger partial charge in [0.1, 0.15) is 11.6 Å². The third-order valence-corrected chi connectivity index (χ3v) is 3.84. The maximum atomic E-state index is 10.2. The van der Waals surface area contributed by atoms with Crippen LogP contribution in [0, 0.1) is 0 Å². The summed E-state index contributed by atoms with van der Waals surface area (Å²) in [6.07, 6.45) is 21.3. The van der Waals surface area contributed by atoms with Crippen LogP contribution in [0.1, 0.15) is 13.8 Å². The van der Waals surface area contributed by atoms with Gasteiger partial charge in [0.15, 0.2) is 0 Å². The lowest BCUT2D eigenvalue weighted by Gasteiger charge is -2.20. The molecule has 0 bridgehead atoms. The molecule has 1 N–H and O–H groups in total. The van der Waals surface area contributed by atoms with E-state index in [1.165, 1.54) is 0 Å². The molecule has 28 heavy (non-hydrogen) atoms. The van der Waals surface area contributed by atoms with Crippen molar-refractivity contribution in [1.29, 1.82) is 0 Å². The van der Waals surface area contributed by atoms with Crippen LogP contribution >= 0.6 is 0 Å². The molecule has 0 atom stereocenters. The highest BCUT2D eigenvalue weighted by atomic mass is 16.3. The van der Waals surface area contributed by atoms with Crippen LogP contribution in [0.15, 0.2) is 127 Å². The fourth-order valence-electron chi connectivity index (χ4n) is 2.63. The quantitative estimate of drug-likeness (QED) is 0.261. The third-order valence-electron chi connectivity index (χ3n) is 3.84. The van der Waals surface area contributed by atoms with E-state index in [2.05, 4.69) is 36.1 Å². The summed E-state index contributed by atoms with van der Waals surface area (Å²) in [5.74, 6) is 0.847.